The van der Waals surface area contributed by atoms with Crippen molar-refractivity contribution in [3.05, 3.63) is 101 Å². The van der Waals surface area contributed by atoms with Gasteiger partial charge in [0.25, 0.3) is 11.8 Å². The third-order valence-corrected chi connectivity index (χ3v) is 4.22. The Morgan fingerprint density at radius 3 is 2.33 bits per heavy atom. The number of hydrogen-bond donors (Lipinski definition) is 2. The minimum atomic E-state index is -0.186. The Labute approximate surface area is 159 Å². The van der Waals surface area contributed by atoms with E-state index in [0.717, 1.165) is 11.1 Å². The fraction of sp³-hybridized carbons (Fsp3) is 0.130. The third kappa shape index (κ3) is 4.82. The zero-order valence-corrected chi connectivity index (χ0v) is 15.2. The van der Waals surface area contributed by atoms with Crippen LogP contribution in [0.25, 0.3) is 0 Å². The Hall–Kier alpha value is -3.40. The van der Waals surface area contributed by atoms with Crippen LogP contribution in [0.5, 0.6) is 0 Å². The first-order valence-electron chi connectivity index (χ1n) is 8.99. The molecule has 0 saturated heterocycles. The fourth-order valence-corrected chi connectivity index (χ4v) is 2.91. The summed E-state index contributed by atoms with van der Waals surface area (Å²) in [6.07, 6.45) is 0.684. The number of rotatable bonds is 6. The zero-order valence-electron chi connectivity index (χ0n) is 15.2. The van der Waals surface area contributed by atoms with Crippen LogP contribution in [-0.2, 0) is 6.42 Å². The zero-order chi connectivity index (χ0) is 19.1. The second-order valence-corrected chi connectivity index (χ2v) is 6.21. The molecule has 0 unspecified atom stereocenters. The molecule has 0 aliphatic carbocycles. The lowest BCUT2D eigenvalue weighted by Crippen LogP contribution is -2.23. The van der Waals surface area contributed by atoms with E-state index >= 15 is 0 Å². The lowest BCUT2D eigenvalue weighted by Gasteiger charge is -2.11. The van der Waals surface area contributed by atoms with E-state index in [1.165, 1.54) is 0 Å². The Kier molecular flexibility index (Phi) is 6.00. The van der Waals surface area contributed by atoms with Crippen molar-refractivity contribution >= 4 is 17.5 Å². The van der Waals surface area contributed by atoms with Gasteiger partial charge in [0.05, 0.1) is 0 Å². The summed E-state index contributed by atoms with van der Waals surface area (Å²) in [5, 5.41) is 5.66. The molecule has 3 aromatic carbocycles. The molecular weight excluding hydrogens is 336 g/mol. The van der Waals surface area contributed by atoms with Gasteiger partial charge in [-0.2, -0.15) is 0 Å². The molecule has 2 N–H and O–H groups in total. The predicted octanol–water partition coefficient (Wildman–Crippen LogP) is 4.28. The van der Waals surface area contributed by atoms with Gasteiger partial charge in [-0.25, -0.2) is 0 Å². The van der Waals surface area contributed by atoms with Crippen molar-refractivity contribution in [3.8, 4) is 0 Å². The van der Waals surface area contributed by atoms with Crippen LogP contribution in [0, 0.1) is 0 Å². The highest BCUT2D eigenvalue weighted by Gasteiger charge is 2.12. The summed E-state index contributed by atoms with van der Waals surface area (Å²) in [6.45, 7) is 2.43. The minimum absolute atomic E-state index is 0.155. The Morgan fingerprint density at radius 2 is 1.56 bits per heavy atom. The van der Waals surface area contributed by atoms with Gasteiger partial charge in [0.2, 0.25) is 0 Å². The molecule has 4 nitrogen and oxygen atoms in total. The molecule has 0 bridgehead atoms. The number of carbonyl (C=O) groups excluding carboxylic acids is 2. The molecule has 4 heteroatoms. The molecule has 0 atom stereocenters. The van der Waals surface area contributed by atoms with E-state index in [4.69, 9.17) is 0 Å². The molecule has 0 aromatic heterocycles. The third-order valence-electron chi connectivity index (χ3n) is 4.22. The molecular formula is C23H22N2O2. The SMILES string of the molecule is CCNC(=O)c1cccc(NC(=O)c2ccccc2Cc2ccccc2)c1. The van der Waals surface area contributed by atoms with E-state index in [2.05, 4.69) is 10.6 Å². The van der Waals surface area contributed by atoms with Crippen LogP contribution in [0.2, 0.25) is 0 Å². The van der Waals surface area contributed by atoms with E-state index < -0.39 is 0 Å². The molecule has 0 fully saturated rings. The maximum absolute atomic E-state index is 12.8. The highest BCUT2D eigenvalue weighted by atomic mass is 16.2. The standard InChI is InChI=1S/C23H22N2O2/c1-2-24-22(26)19-12-8-13-20(16-19)25-23(27)21-14-7-6-11-18(21)15-17-9-4-3-5-10-17/h3-14,16H,2,15H2,1H3,(H,24,26)(H,25,27). The van der Waals surface area contributed by atoms with E-state index in [9.17, 15) is 9.59 Å². The number of benzene rings is 3. The van der Waals surface area contributed by atoms with Crippen molar-refractivity contribution in [1.29, 1.82) is 0 Å². The average molecular weight is 358 g/mol. The van der Waals surface area contributed by atoms with Crippen LogP contribution in [0.4, 0.5) is 5.69 Å². The van der Waals surface area contributed by atoms with Gasteiger partial charge in [-0.1, -0.05) is 54.6 Å². The van der Waals surface area contributed by atoms with Crippen molar-refractivity contribution in [2.45, 2.75) is 13.3 Å². The Balaban J connectivity index is 1.79. The van der Waals surface area contributed by atoms with Crippen LogP contribution in [0.15, 0.2) is 78.9 Å². The summed E-state index contributed by atoms with van der Waals surface area (Å²) >= 11 is 0. The fourth-order valence-electron chi connectivity index (χ4n) is 2.91. The highest BCUT2D eigenvalue weighted by Crippen LogP contribution is 2.17. The van der Waals surface area contributed by atoms with Gasteiger partial charge in [-0.05, 0) is 48.7 Å². The van der Waals surface area contributed by atoms with Crippen LogP contribution >= 0.6 is 0 Å². The van der Waals surface area contributed by atoms with Gasteiger partial charge >= 0.3 is 0 Å². The van der Waals surface area contributed by atoms with E-state index in [1.54, 1.807) is 24.3 Å². The van der Waals surface area contributed by atoms with Gasteiger partial charge in [0.15, 0.2) is 0 Å². The second kappa shape index (κ2) is 8.81. The Morgan fingerprint density at radius 1 is 0.815 bits per heavy atom. The Bertz CT molecular complexity index is 936. The van der Waals surface area contributed by atoms with Crippen LogP contribution < -0.4 is 10.6 Å². The number of anilines is 1. The normalized spacial score (nSPS) is 10.3. The molecule has 3 aromatic rings. The number of amides is 2. The molecule has 0 aliphatic rings. The number of hydrogen-bond acceptors (Lipinski definition) is 2. The topological polar surface area (TPSA) is 58.2 Å². The molecule has 0 saturated carbocycles. The van der Waals surface area contributed by atoms with Crippen molar-refractivity contribution in [2.75, 3.05) is 11.9 Å². The predicted molar refractivity (Wildman–Crippen MR) is 108 cm³/mol. The first kappa shape index (κ1) is 18.4. The van der Waals surface area contributed by atoms with Crippen LogP contribution in [0.1, 0.15) is 38.8 Å². The maximum atomic E-state index is 12.8. The summed E-state index contributed by atoms with van der Waals surface area (Å²) < 4.78 is 0. The lowest BCUT2D eigenvalue weighted by molar-refractivity contribution is 0.0954. The quantitative estimate of drug-likeness (QED) is 0.691. The molecule has 0 aliphatic heterocycles. The van der Waals surface area contributed by atoms with E-state index in [1.807, 2.05) is 61.5 Å². The van der Waals surface area contributed by atoms with E-state index in [-0.39, 0.29) is 11.8 Å². The van der Waals surface area contributed by atoms with Crippen molar-refractivity contribution in [3.63, 3.8) is 0 Å². The number of carbonyl (C=O) groups is 2. The molecule has 136 valence electrons. The van der Waals surface area contributed by atoms with Crippen molar-refractivity contribution < 1.29 is 9.59 Å². The van der Waals surface area contributed by atoms with Gasteiger partial charge in [-0.15, -0.1) is 0 Å². The van der Waals surface area contributed by atoms with Gasteiger partial charge in [0.1, 0.15) is 0 Å². The van der Waals surface area contributed by atoms with Crippen LogP contribution in [-0.4, -0.2) is 18.4 Å². The first-order valence-corrected chi connectivity index (χ1v) is 8.99. The maximum Gasteiger partial charge on any atom is 0.255 e. The smallest absolute Gasteiger partial charge is 0.255 e. The van der Waals surface area contributed by atoms with Crippen molar-refractivity contribution in [2.24, 2.45) is 0 Å². The van der Waals surface area contributed by atoms with E-state index in [0.29, 0.717) is 29.8 Å². The first-order chi connectivity index (χ1) is 13.2. The molecule has 3 rings (SSSR count). The highest BCUT2D eigenvalue weighted by molar-refractivity contribution is 6.06. The molecule has 0 radical (unpaired) electrons. The average Bonchev–Trinajstić information content (AvgIpc) is 2.69. The second-order valence-electron chi connectivity index (χ2n) is 6.21. The summed E-state index contributed by atoms with van der Waals surface area (Å²) in [5.74, 6) is -0.340. The van der Waals surface area contributed by atoms with Gasteiger partial charge < -0.3 is 10.6 Å². The summed E-state index contributed by atoms with van der Waals surface area (Å²) in [6, 6.07) is 24.6. The monoisotopic (exact) mass is 358 g/mol. The van der Waals surface area contributed by atoms with Crippen LogP contribution in [0.3, 0.4) is 0 Å². The van der Waals surface area contributed by atoms with Gasteiger partial charge in [0, 0.05) is 23.4 Å². The number of nitrogens with one attached hydrogen (secondary N) is 2. The summed E-state index contributed by atoms with van der Waals surface area (Å²) in [4.78, 5) is 24.8. The van der Waals surface area contributed by atoms with Crippen molar-refractivity contribution in [1.82, 2.24) is 5.32 Å². The summed E-state index contributed by atoms with van der Waals surface area (Å²) in [7, 11) is 0. The summed E-state index contributed by atoms with van der Waals surface area (Å²) in [5.41, 5.74) is 3.85. The molecule has 0 spiro atoms. The minimum Gasteiger partial charge on any atom is -0.352 e. The lowest BCUT2D eigenvalue weighted by atomic mass is 9.99. The molecule has 0 heterocycles. The van der Waals surface area contributed by atoms with Gasteiger partial charge in [-0.3, -0.25) is 9.59 Å². The molecule has 27 heavy (non-hydrogen) atoms. The largest absolute Gasteiger partial charge is 0.352 e. The molecule has 2 amide bonds.